The first-order chi connectivity index (χ1) is 19.9. The molecule has 0 amide bonds. The summed E-state index contributed by atoms with van der Waals surface area (Å²) in [5.41, 5.74) is 4.10. The van der Waals surface area contributed by atoms with E-state index in [2.05, 4.69) is 61.3 Å². The fraction of sp³-hybridized carbons (Fsp3) is 0.629. The predicted molar refractivity (Wildman–Crippen MR) is 171 cm³/mol. The van der Waals surface area contributed by atoms with Gasteiger partial charge in [-0.2, -0.15) is 24.9 Å². The van der Waals surface area contributed by atoms with Crippen molar-refractivity contribution in [1.82, 2.24) is 4.98 Å². The van der Waals surface area contributed by atoms with Gasteiger partial charge < -0.3 is 14.6 Å². The number of alkyl halides is 3. The Balaban J connectivity index is 0.000000496. The maximum atomic E-state index is 13.2. The normalized spacial score (nSPS) is 22.0. The van der Waals surface area contributed by atoms with Crippen molar-refractivity contribution in [2.45, 2.75) is 116 Å². The number of ether oxygens (including phenoxy) is 2. The van der Waals surface area contributed by atoms with Gasteiger partial charge in [0.15, 0.2) is 0 Å². The number of benzene rings is 1. The number of hydrogen-bond acceptors (Lipinski definition) is 5. The van der Waals surface area contributed by atoms with E-state index in [9.17, 15) is 18.3 Å². The second kappa shape index (κ2) is 13.6. The second-order valence-corrected chi connectivity index (χ2v) is 15.3. The van der Waals surface area contributed by atoms with E-state index in [1.807, 2.05) is 18.7 Å². The van der Waals surface area contributed by atoms with E-state index < -0.39 is 29.5 Å². The van der Waals surface area contributed by atoms with Gasteiger partial charge in [-0.05, 0) is 60.3 Å². The first-order valence-electron chi connectivity index (χ1n) is 15.3. The minimum absolute atomic E-state index is 0.102. The van der Waals surface area contributed by atoms with Crippen LogP contribution in [0.3, 0.4) is 0 Å². The number of aliphatic hydroxyl groups excluding tert-OH is 1. The highest BCUT2D eigenvalue weighted by Crippen LogP contribution is 2.57. The molecular weight excluding hydrogens is 571 g/mol. The lowest BCUT2D eigenvalue weighted by Crippen LogP contribution is -2.37. The van der Waals surface area contributed by atoms with Crippen LogP contribution in [0, 0.1) is 5.41 Å². The van der Waals surface area contributed by atoms with Gasteiger partial charge in [0.1, 0.15) is 6.10 Å². The molecule has 1 aromatic heterocycles. The molecule has 1 fully saturated rings. The molecule has 1 N–H and O–H groups in total. The maximum Gasteiger partial charge on any atom is 0.416 e. The third kappa shape index (κ3) is 8.24. The molecule has 0 bridgehead atoms. The molecule has 240 valence electrons. The van der Waals surface area contributed by atoms with Crippen molar-refractivity contribution in [3.05, 3.63) is 70.0 Å². The zero-order chi connectivity index (χ0) is 32.4. The van der Waals surface area contributed by atoms with E-state index in [-0.39, 0.29) is 5.41 Å². The van der Waals surface area contributed by atoms with Gasteiger partial charge in [-0.3, -0.25) is 4.98 Å². The molecule has 43 heavy (non-hydrogen) atoms. The smallest absolute Gasteiger partial charge is 0.388 e. The van der Waals surface area contributed by atoms with Gasteiger partial charge in [0, 0.05) is 47.6 Å². The van der Waals surface area contributed by atoms with Crippen molar-refractivity contribution >= 4 is 17.3 Å². The number of fused-ring (bicyclic) bond motifs is 4. The molecule has 8 heteroatoms. The Labute approximate surface area is 260 Å². The van der Waals surface area contributed by atoms with Crippen LogP contribution >= 0.6 is 11.8 Å². The molecule has 1 spiro atoms. The Morgan fingerprint density at radius 3 is 2.07 bits per heavy atom. The lowest BCUT2D eigenvalue weighted by Gasteiger charge is -2.40. The van der Waals surface area contributed by atoms with Crippen LogP contribution < -0.4 is 0 Å². The third-order valence-corrected chi connectivity index (χ3v) is 9.22. The minimum Gasteiger partial charge on any atom is -0.388 e. The molecule has 3 heterocycles. The quantitative estimate of drug-likeness (QED) is 0.362. The summed E-state index contributed by atoms with van der Waals surface area (Å²) in [6.07, 6.45) is 0.243. The minimum atomic E-state index is -4.41. The van der Waals surface area contributed by atoms with Crippen LogP contribution in [-0.2, 0) is 27.7 Å². The topological polar surface area (TPSA) is 51.6 Å². The molecule has 1 aromatic carbocycles. The maximum absolute atomic E-state index is 13.2. The molecule has 0 radical (unpaired) electrons. The van der Waals surface area contributed by atoms with Crippen LogP contribution in [0.15, 0.2) is 30.8 Å². The molecule has 0 unspecified atom stereocenters. The molecule has 5 rings (SSSR count). The summed E-state index contributed by atoms with van der Waals surface area (Å²) in [5, 5.41) is 11.3. The zero-order valence-electron chi connectivity index (χ0n) is 27.4. The highest BCUT2D eigenvalue weighted by Gasteiger charge is 2.52. The summed E-state index contributed by atoms with van der Waals surface area (Å²) in [5.74, 6) is 0. The van der Waals surface area contributed by atoms with Crippen LogP contribution in [0.1, 0.15) is 132 Å². The number of aromatic nitrogens is 1. The summed E-state index contributed by atoms with van der Waals surface area (Å²) < 4.78 is 52.5. The molecule has 2 aliphatic heterocycles. The first kappa shape index (κ1) is 35.6. The molecule has 3 aliphatic rings. The number of halogens is 3. The van der Waals surface area contributed by atoms with E-state index in [0.717, 1.165) is 46.5 Å². The highest BCUT2D eigenvalue weighted by molar-refractivity contribution is 7.99. The largest absolute Gasteiger partial charge is 0.416 e. The van der Waals surface area contributed by atoms with Gasteiger partial charge in [-0.15, -0.1) is 0 Å². The van der Waals surface area contributed by atoms with Crippen molar-refractivity contribution in [3.63, 3.8) is 0 Å². The average Bonchev–Trinajstić information content (AvgIpc) is 3.21. The number of allylic oxidation sites excluding steroid dienone is 1. The summed E-state index contributed by atoms with van der Waals surface area (Å²) in [7, 11) is 0. The predicted octanol–water partition coefficient (Wildman–Crippen LogP) is 9.83. The molecule has 0 saturated carbocycles. The summed E-state index contributed by atoms with van der Waals surface area (Å²) in [6.45, 7) is 22.2. The van der Waals surface area contributed by atoms with Gasteiger partial charge in [-0.25, -0.2) is 0 Å². The van der Waals surface area contributed by atoms with E-state index in [4.69, 9.17) is 14.5 Å². The molecule has 2 aromatic rings. The lowest BCUT2D eigenvalue weighted by molar-refractivity contribution is -0.137. The SMILES string of the molecule is C=C(C)c1nc2c(c3c1[C@@H](c1ccc(C(F)(F)F)cc1)OC31CCOCC1)[C@@H](O)CC(C)(C)C2.CCC.CSC(C)(C)C. The first-order valence-corrected chi connectivity index (χ1v) is 16.5. The van der Waals surface area contributed by atoms with Crippen molar-refractivity contribution in [1.29, 1.82) is 0 Å². The monoisotopic (exact) mass is 621 g/mol. The van der Waals surface area contributed by atoms with Crippen LogP contribution in [0.5, 0.6) is 0 Å². The third-order valence-electron chi connectivity index (χ3n) is 8.00. The number of thioether (sulfide) groups is 1. The zero-order valence-corrected chi connectivity index (χ0v) is 28.2. The van der Waals surface area contributed by atoms with E-state index in [1.165, 1.54) is 18.6 Å². The van der Waals surface area contributed by atoms with Crippen LogP contribution in [0.2, 0.25) is 0 Å². The Morgan fingerprint density at radius 1 is 1.07 bits per heavy atom. The second-order valence-electron chi connectivity index (χ2n) is 13.7. The summed E-state index contributed by atoms with van der Waals surface area (Å²) >= 11 is 1.88. The number of pyridine rings is 1. The molecule has 1 saturated heterocycles. The van der Waals surface area contributed by atoms with E-state index in [1.54, 1.807) is 0 Å². The Hall–Kier alpha value is -1.87. The van der Waals surface area contributed by atoms with Crippen molar-refractivity contribution < 1.29 is 27.8 Å². The number of hydrogen-bond donors (Lipinski definition) is 1. The molecule has 1 aliphatic carbocycles. The highest BCUT2D eigenvalue weighted by atomic mass is 32.2. The van der Waals surface area contributed by atoms with Crippen molar-refractivity contribution in [3.8, 4) is 0 Å². The van der Waals surface area contributed by atoms with E-state index in [0.29, 0.717) is 48.5 Å². The summed E-state index contributed by atoms with van der Waals surface area (Å²) in [6, 6.07) is 5.15. The Morgan fingerprint density at radius 2 is 1.60 bits per heavy atom. The number of rotatable bonds is 2. The van der Waals surface area contributed by atoms with Gasteiger partial charge in [0.25, 0.3) is 0 Å². The van der Waals surface area contributed by atoms with Crippen LogP contribution in [0.4, 0.5) is 13.2 Å². The summed E-state index contributed by atoms with van der Waals surface area (Å²) in [4.78, 5) is 4.99. The number of aliphatic hydroxyl groups is 1. The Kier molecular flexibility index (Phi) is 11.3. The van der Waals surface area contributed by atoms with E-state index >= 15 is 0 Å². The number of nitrogens with zero attached hydrogens (tertiary/aromatic N) is 1. The van der Waals surface area contributed by atoms with Crippen LogP contribution in [-0.4, -0.2) is 34.3 Å². The Bertz CT molecular complexity index is 1260. The van der Waals surface area contributed by atoms with Gasteiger partial charge >= 0.3 is 6.18 Å². The molecular formula is C35H50F3NO3S. The van der Waals surface area contributed by atoms with Crippen molar-refractivity contribution in [2.75, 3.05) is 19.5 Å². The lowest BCUT2D eigenvalue weighted by atomic mass is 9.70. The standard InChI is InChI=1S/C27H30F3NO3.C5H12S.C3H8/c1-15(2)23-21-22(20-18(31-23)13-25(3,4)14-19(20)32)26(9-11-33-12-10-26)34-24(21)16-5-7-17(8-6-16)27(28,29)30;1-5(2,3)6-4;1-3-2/h5-8,19,24,32H,1,9-14H2,2-4H3;1-4H3;3H2,1-2H3/t19-,24+;;/m0../s1. The van der Waals surface area contributed by atoms with Gasteiger partial charge in [-0.1, -0.05) is 73.6 Å². The van der Waals surface area contributed by atoms with Crippen LogP contribution in [0.25, 0.3) is 5.57 Å². The average molecular weight is 622 g/mol. The van der Waals surface area contributed by atoms with Crippen molar-refractivity contribution in [2.24, 2.45) is 5.41 Å². The molecule has 2 atom stereocenters. The fourth-order valence-corrected chi connectivity index (χ4v) is 5.87. The fourth-order valence-electron chi connectivity index (χ4n) is 5.87. The molecule has 4 nitrogen and oxygen atoms in total. The van der Waals surface area contributed by atoms with Gasteiger partial charge in [0.2, 0.25) is 0 Å². The van der Waals surface area contributed by atoms with Gasteiger partial charge in [0.05, 0.1) is 23.0 Å².